The molecule has 0 unspecified atom stereocenters. The molecule has 0 radical (unpaired) electrons. The van der Waals surface area contributed by atoms with Crippen LogP contribution in [-0.2, 0) is 4.79 Å². The van der Waals surface area contributed by atoms with E-state index in [9.17, 15) is 9.59 Å². The van der Waals surface area contributed by atoms with Crippen LogP contribution in [0.5, 0.6) is 5.75 Å². The number of amides is 1. The second-order valence-electron chi connectivity index (χ2n) is 8.60. The van der Waals surface area contributed by atoms with Gasteiger partial charge in [-0.25, -0.2) is 0 Å². The van der Waals surface area contributed by atoms with E-state index < -0.39 is 0 Å². The van der Waals surface area contributed by atoms with Gasteiger partial charge in [0.05, 0.1) is 24.9 Å². The van der Waals surface area contributed by atoms with Crippen LogP contribution in [-0.4, -0.2) is 55.2 Å². The molecule has 0 aliphatic carbocycles. The number of fused-ring (bicyclic) bond motifs is 1. The first-order valence-electron chi connectivity index (χ1n) is 11.7. The maximum Gasteiger partial charge on any atom is 0.257 e. The highest BCUT2D eigenvalue weighted by molar-refractivity contribution is 5.93. The van der Waals surface area contributed by atoms with Crippen molar-refractivity contribution >= 4 is 28.2 Å². The molecule has 178 valence electrons. The van der Waals surface area contributed by atoms with Crippen molar-refractivity contribution in [1.29, 1.82) is 0 Å². The van der Waals surface area contributed by atoms with Gasteiger partial charge >= 0.3 is 0 Å². The molecular formula is C28H28N4O3. The van der Waals surface area contributed by atoms with E-state index in [4.69, 9.17) is 4.74 Å². The lowest BCUT2D eigenvalue weighted by molar-refractivity contribution is -0.117. The Balaban J connectivity index is 1.29. The zero-order valence-corrected chi connectivity index (χ0v) is 19.7. The van der Waals surface area contributed by atoms with E-state index >= 15 is 0 Å². The molecule has 1 saturated heterocycles. The predicted molar refractivity (Wildman–Crippen MR) is 140 cm³/mol. The third-order valence-electron chi connectivity index (χ3n) is 6.37. The summed E-state index contributed by atoms with van der Waals surface area (Å²) in [6.45, 7) is 3.30. The van der Waals surface area contributed by atoms with Gasteiger partial charge in [-0.2, -0.15) is 0 Å². The highest BCUT2D eigenvalue weighted by Crippen LogP contribution is 2.27. The van der Waals surface area contributed by atoms with Crippen LogP contribution in [0.1, 0.15) is 0 Å². The van der Waals surface area contributed by atoms with Crippen molar-refractivity contribution in [3.05, 3.63) is 95.3 Å². The quantitative estimate of drug-likeness (QED) is 0.467. The molecule has 4 aromatic rings. The third-order valence-corrected chi connectivity index (χ3v) is 6.37. The Morgan fingerprint density at radius 3 is 2.29 bits per heavy atom. The number of methoxy groups -OCH3 is 1. The Hall–Kier alpha value is -4.10. The Labute approximate surface area is 204 Å². The van der Waals surface area contributed by atoms with E-state index in [0.29, 0.717) is 6.54 Å². The van der Waals surface area contributed by atoms with Gasteiger partial charge in [-0.05, 0) is 42.5 Å². The number of rotatable bonds is 6. The number of carbonyl (C=O) groups is 1. The fourth-order valence-electron chi connectivity index (χ4n) is 4.59. The van der Waals surface area contributed by atoms with Crippen molar-refractivity contribution in [3.8, 4) is 11.4 Å². The summed E-state index contributed by atoms with van der Waals surface area (Å²) < 4.78 is 6.92. The standard InChI is InChI=1S/C28H28N4O3/c1-35-23-13-11-21(12-14-23)29-27(33)20-30-15-17-31(18-16-30)26-19-28(34)32(22-7-3-2-4-8-22)25-10-6-5-9-24(25)26/h2-14,19H,15-18,20H2,1H3,(H,29,33). The zero-order valence-electron chi connectivity index (χ0n) is 19.7. The van der Waals surface area contributed by atoms with Crippen LogP contribution in [0.2, 0.25) is 0 Å². The minimum atomic E-state index is -0.0498. The highest BCUT2D eigenvalue weighted by atomic mass is 16.5. The molecule has 1 aliphatic rings. The number of para-hydroxylation sites is 2. The van der Waals surface area contributed by atoms with Gasteiger partial charge < -0.3 is 15.0 Å². The number of hydrogen-bond acceptors (Lipinski definition) is 5. The molecule has 0 saturated carbocycles. The molecule has 3 aromatic carbocycles. The lowest BCUT2D eigenvalue weighted by atomic mass is 10.1. The third kappa shape index (κ3) is 4.90. The number of nitrogens with zero attached hydrogens (tertiary/aromatic N) is 3. The number of benzene rings is 3. The van der Waals surface area contributed by atoms with E-state index in [0.717, 1.165) is 59.9 Å². The maximum atomic E-state index is 13.2. The Morgan fingerprint density at radius 1 is 0.886 bits per heavy atom. The number of ether oxygens (including phenoxy) is 1. The summed E-state index contributed by atoms with van der Waals surface area (Å²) in [5.74, 6) is 0.711. The van der Waals surface area contributed by atoms with Crippen molar-refractivity contribution in [2.75, 3.05) is 50.1 Å². The van der Waals surface area contributed by atoms with Crippen molar-refractivity contribution in [1.82, 2.24) is 9.47 Å². The number of piperazine rings is 1. The van der Waals surface area contributed by atoms with Gasteiger partial charge in [0.2, 0.25) is 5.91 Å². The van der Waals surface area contributed by atoms with Gasteiger partial charge in [0.25, 0.3) is 5.56 Å². The Morgan fingerprint density at radius 2 is 1.57 bits per heavy atom. The molecule has 1 aromatic heterocycles. The number of pyridine rings is 1. The number of anilines is 2. The van der Waals surface area contributed by atoms with E-state index in [1.54, 1.807) is 17.7 Å². The maximum absolute atomic E-state index is 13.2. The summed E-state index contributed by atoms with van der Waals surface area (Å²) in [7, 11) is 1.62. The normalized spacial score (nSPS) is 14.1. The minimum absolute atomic E-state index is 0.0421. The summed E-state index contributed by atoms with van der Waals surface area (Å²) in [4.78, 5) is 30.1. The topological polar surface area (TPSA) is 66.8 Å². The molecular weight excluding hydrogens is 440 g/mol. The summed E-state index contributed by atoms with van der Waals surface area (Å²) in [6, 6.07) is 26.8. The van der Waals surface area contributed by atoms with E-state index in [2.05, 4.69) is 21.2 Å². The van der Waals surface area contributed by atoms with Crippen LogP contribution in [0, 0.1) is 0 Å². The first kappa shape index (κ1) is 22.7. The highest BCUT2D eigenvalue weighted by Gasteiger charge is 2.22. The summed E-state index contributed by atoms with van der Waals surface area (Å²) >= 11 is 0. The molecule has 5 rings (SSSR count). The molecule has 0 atom stereocenters. The fourth-order valence-corrected chi connectivity index (χ4v) is 4.59. The second kappa shape index (κ2) is 10.0. The first-order valence-corrected chi connectivity index (χ1v) is 11.7. The molecule has 35 heavy (non-hydrogen) atoms. The van der Waals surface area contributed by atoms with Crippen LogP contribution in [0.4, 0.5) is 11.4 Å². The fraction of sp³-hybridized carbons (Fsp3) is 0.214. The van der Waals surface area contributed by atoms with Crippen LogP contribution in [0.15, 0.2) is 89.7 Å². The minimum Gasteiger partial charge on any atom is -0.497 e. The smallest absolute Gasteiger partial charge is 0.257 e. The van der Waals surface area contributed by atoms with Gasteiger partial charge in [0, 0.05) is 49.0 Å². The van der Waals surface area contributed by atoms with Crippen molar-refractivity contribution in [2.24, 2.45) is 0 Å². The lowest BCUT2D eigenvalue weighted by Gasteiger charge is -2.36. The van der Waals surface area contributed by atoms with Gasteiger partial charge in [-0.15, -0.1) is 0 Å². The average Bonchev–Trinajstić information content (AvgIpc) is 2.89. The first-order chi connectivity index (χ1) is 17.1. The molecule has 1 fully saturated rings. The summed E-state index contributed by atoms with van der Waals surface area (Å²) in [5, 5.41) is 3.99. The van der Waals surface area contributed by atoms with Gasteiger partial charge in [-0.1, -0.05) is 36.4 Å². The molecule has 7 heteroatoms. The monoisotopic (exact) mass is 468 g/mol. The van der Waals surface area contributed by atoms with Gasteiger partial charge in [-0.3, -0.25) is 19.1 Å². The van der Waals surface area contributed by atoms with Crippen LogP contribution in [0.25, 0.3) is 16.6 Å². The van der Waals surface area contributed by atoms with Crippen molar-refractivity contribution in [3.63, 3.8) is 0 Å². The zero-order chi connectivity index (χ0) is 24.2. The summed E-state index contributed by atoms with van der Waals surface area (Å²) in [5.41, 5.74) is 3.39. The van der Waals surface area contributed by atoms with E-state index in [1.807, 2.05) is 72.8 Å². The predicted octanol–water partition coefficient (Wildman–Crippen LogP) is 3.76. The van der Waals surface area contributed by atoms with E-state index in [-0.39, 0.29) is 11.5 Å². The van der Waals surface area contributed by atoms with Gasteiger partial charge in [0.1, 0.15) is 5.75 Å². The second-order valence-corrected chi connectivity index (χ2v) is 8.60. The molecule has 1 N–H and O–H groups in total. The molecule has 7 nitrogen and oxygen atoms in total. The Kier molecular flexibility index (Phi) is 6.50. The molecule has 0 spiro atoms. The average molecular weight is 469 g/mol. The van der Waals surface area contributed by atoms with Gasteiger partial charge in [0.15, 0.2) is 0 Å². The van der Waals surface area contributed by atoms with Crippen LogP contribution in [0.3, 0.4) is 0 Å². The van der Waals surface area contributed by atoms with E-state index in [1.165, 1.54) is 0 Å². The van der Waals surface area contributed by atoms with Crippen LogP contribution >= 0.6 is 0 Å². The molecule has 1 amide bonds. The van der Waals surface area contributed by atoms with Crippen LogP contribution < -0.4 is 20.5 Å². The number of aromatic nitrogens is 1. The SMILES string of the molecule is COc1ccc(NC(=O)CN2CCN(c3cc(=O)n(-c4ccccc4)c4ccccc34)CC2)cc1. The number of hydrogen-bond donors (Lipinski definition) is 1. The number of carbonyl (C=O) groups excluding carboxylic acids is 1. The van der Waals surface area contributed by atoms with Crippen molar-refractivity contribution in [2.45, 2.75) is 0 Å². The lowest BCUT2D eigenvalue weighted by Crippen LogP contribution is -2.49. The largest absolute Gasteiger partial charge is 0.497 e. The number of nitrogens with one attached hydrogen (secondary N) is 1. The molecule has 1 aliphatic heterocycles. The summed E-state index contributed by atoms with van der Waals surface area (Å²) in [6.07, 6.45) is 0. The molecule has 2 heterocycles. The Bertz CT molecular complexity index is 1380. The molecule has 0 bridgehead atoms. The van der Waals surface area contributed by atoms with Crippen molar-refractivity contribution < 1.29 is 9.53 Å².